The lowest BCUT2D eigenvalue weighted by Crippen LogP contribution is -2.34. The standard InChI is InChI=1S/C11H15N2O2/c1-3-15-9-12-8-13(14-2)11-7-5-4-6-10(11)12/h4-8H,3,9H2,1-2H3/q+1. The Bertz CT molecular complexity index is 451. The minimum Gasteiger partial charge on any atom is -0.342 e. The average molecular weight is 207 g/mol. The van der Waals surface area contributed by atoms with Gasteiger partial charge in [0.15, 0.2) is 12.2 Å². The molecule has 2 aromatic rings. The second kappa shape index (κ2) is 4.31. The summed E-state index contributed by atoms with van der Waals surface area (Å²) in [6.07, 6.45) is 1.89. The molecule has 0 saturated heterocycles. The van der Waals surface area contributed by atoms with Gasteiger partial charge < -0.3 is 9.57 Å². The SMILES string of the molecule is CCOC[n+]1cn(OC)c2ccccc21. The van der Waals surface area contributed by atoms with Crippen LogP contribution in [-0.4, -0.2) is 18.4 Å². The van der Waals surface area contributed by atoms with Crippen LogP contribution in [0, 0.1) is 0 Å². The van der Waals surface area contributed by atoms with Crippen molar-refractivity contribution in [1.82, 2.24) is 4.73 Å². The Labute approximate surface area is 88.6 Å². The number of fused-ring (bicyclic) bond motifs is 1. The molecule has 0 amide bonds. The number of hydrogen-bond donors (Lipinski definition) is 0. The van der Waals surface area contributed by atoms with E-state index in [0.717, 1.165) is 11.0 Å². The molecule has 0 unspecified atom stereocenters. The molecule has 0 bridgehead atoms. The molecule has 4 nitrogen and oxygen atoms in total. The van der Waals surface area contributed by atoms with Gasteiger partial charge in [0.25, 0.3) is 6.33 Å². The molecule has 4 heteroatoms. The van der Waals surface area contributed by atoms with Crippen LogP contribution < -0.4 is 9.40 Å². The van der Waals surface area contributed by atoms with Crippen molar-refractivity contribution in [2.45, 2.75) is 13.7 Å². The van der Waals surface area contributed by atoms with Crippen LogP contribution in [0.2, 0.25) is 0 Å². The van der Waals surface area contributed by atoms with Crippen LogP contribution in [-0.2, 0) is 11.5 Å². The van der Waals surface area contributed by atoms with Crippen LogP contribution in [0.25, 0.3) is 11.0 Å². The second-order valence-electron chi connectivity index (χ2n) is 3.20. The molecule has 0 atom stereocenters. The number of imidazole rings is 1. The van der Waals surface area contributed by atoms with Gasteiger partial charge in [-0.1, -0.05) is 12.1 Å². The maximum atomic E-state index is 5.38. The minimum atomic E-state index is 0.549. The van der Waals surface area contributed by atoms with Gasteiger partial charge in [0.1, 0.15) is 7.11 Å². The van der Waals surface area contributed by atoms with Gasteiger partial charge >= 0.3 is 0 Å². The monoisotopic (exact) mass is 207 g/mol. The predicted molar refractivity (Wildman–Crippen MR) is 56.3 cm³/mol. The molecule has 1 heterocycles. The van der Waals surface area contributed by atoms with Crippen molar-refractivity contribution in [2.75, 3.05) is 13.7 Å². The molecule has 0 aliphatic carbocycles. The van der Waals surface area contributed by atoms with Gasteiger partial charge in [0.2, 0.25) is 5.52 Å². The summed E-state index contributed by atoms with van der Waals surface area (Å²) in [5, 5.41) is 0. The number of nitrogens with zero attached hydrogens (tertiary/aromatic N) is 2. The molecular formula is C11H15N2O2+. The van der Waals surface area contributed by atoms with Gasteiger partial charge in [0, 0.05) is 6.61 Å². The lowest BCUT2D eigenvalue weighted by Gasteiger charge is -1.96. The molecule has 15 heavy (non-hydrogen) atoms. The van der Waals surface area contributed by atoms with Gasteiger partial charge in [-0.05, 0) is 23.8 Å². The first kappa shape index (κ1) is 9.98. The third-order valence-electron chi connectivity index (χ3n) is 2.30. The molecule has 1 aromatic heterocycles. The fourth-order valence-electron chi connectivity index (χ4n) is 1.58. The highest BCUT2D eigenvalue weighted by molar-refractivity contribution is 5.71. The van der Waals surface area contributed by atoms with E-state index in [9.17, 15) is 0 Å². The molecule has 0 spiro atoms. The Morgan fingerprint density at radius 2 is 2.13 bits per heavy atom. The van der Waals surface area contributed by atoms with Crippen molar-refractivity contribution < 1.29 is 14.1 Å². The maximum Gasteiger partial charge on any atom is 0.287 e. The van der Waals surface area contributed by atoms with Crippen molar-refractivity contribution in [3.8, 4) is 0 Å². The lowest BCUT2D eigenvalue weighted by atomic mass is 10.3. The first-order chi connectivity index (χ1) is 7.36. The van der Waals surface area contributed by atoms with E-state index < -0.39 is 0 Å². The number of aromatic nitrogens is 2. The van der Waals surface area contributed by atoms with Gasteiger partial charge in [-0.2, -0.15) is 0 Å². The van der Waals surface area contributed by atoms with Crippen molar-refractivity contribution in [1.29, 1.82) is 0 Å². The summed E-state index contributed by atoms with van der Waals surface area (Å²) in [6.45, 7) is 3.24. The summed E-state index contributed by atoms with van der Waals surface area (Å²) in [4.78, 5) is 5.23. The smallest absolute Gasteiger partial charge is 0.287 e. The van der Waals surface area contributed by atoms with Crippen molar-refractivity contribution >= 4 is 11.0 Å². The van der Waals surface area contributed by atoms with E-state index in [0.29, 0.717) is 13.3 Å². The van der Waals surface area contributed by atoms with Crippen LogP contribution in [0.3, 0.4) is 0 Å². The molecule has 2 rings (SSSR count). The molecule has 0 N–H and O–H groups in total. The first-order valence-electron chi connectivity index (χ1n) is 4.98. The van der Waals surface area contributed by atoms with Crippen LogP contribution >= 0.6 is 0 Å². The summed E-state index contributed by atoms with van der Waals surface area (Å²) in [7, 11) is 1.65. The van der Waals surface area contributed by atoms with Gasteiger partial charge in [-0.15, -0.1) is 0 Å². The van der Waals surface area contributed by atoms with E-state index in [-0.39, 0.29) is 0 Å². The molecule has 0 fully saturated rings. The number of rotatable bonds is 4. The van der Waals surface area contributed by atoms with Crippen LogP contribution in [0.5, 0.6) is 0 Å². The number of ether oxygens (including phenoxy) is 1. The summed E-state index contributed by atoms with van der Waals surface area (Å²) >= 11 is 0. The Kier molecular flexibility index (Phi) is 2.87. The fraction of sp³-hybridized carbons (Fsp3) is 0.364. The third-order valence-corrected chi connectivity index (χ3v) is 2.30. The Balaban J connectivity index is 2.45. The highest BCUT2D eigenvalue weighted by atomic mass is 16.6. The molecule has 80 valence electrons. The van der Waals surface area contributed by atoms with Crippen LogP contribution in [0.1, 0.15) is 6.92 Å². The predicted octanol–water partition coefficient (Wildman–Crippen LogP) is 0.981. The normalized spacial score (nSPS) is 10.8. The van der Waals surface area contributed by atoms with Gasteiger partial charge in [-0.25, -0.2) is 4.57 Å². The van der Waals surface area contributed by atoms with E-state index in [1.165, 1.54) is 0 Å². The van der Waals surface area contributed by atoms with Gasteiger partial charge in [0.05, 0.1) is 0 Å². The topological polar surface area (TPSA) is 27.3 Å². The largest absolute Gasteiger partial charge is 0.342 e. The van der Waals surface area contributed by atoms with Crippen molar-refractivity contribution in [3.05, 3.63) is 30.6 Å². The third kappa shape index (κ3) is 1.80. The minimum absolute atomic E-state index is 0.549. The molecule has 0 aliphatic rings. The van der Waals surface area contributed by atoms with Gasteiger partial charge in [-0.3, -0.25) is 0 Å². The fourth-order valence-corrected chi connectivity index (χ4v) is 1.58. The molecule has 0 aliphatic heterocycles. The van der Waals surface area contributed by atoms with E-state index in [4.69, 9.17) is 9.57 Å². The highest BCUT2D eigenvalue weighted by Crippen LogP contribution is 2.08. The first-order valence-corrected chi connectivity index (χ1v) is 4.98. The summed E-state index contributed by atoms with van der Waals surface area (Å²) in [5.74, 6) is 0. The summed E-state index contributed by atoms with van der Waals surface area (Å²) in [6, 6.07) is 8.05. The van der Waals surface area contributed by atoms with Crippen molar-refractivity contribution in [3.63, 3.8) is 0 Å². The van der Waals surface area contributed by atoms with Crippen molar-refractivity contribution in [2.24, 2.45) is 0 Å². The molecular weight excluding hydrogens is 192 g/mol. The number of benzene rings is 1. The zero-order chi connectivity index (χ0) is 10.7. The molecule has 0 saturated carbocycles. The van der Waals surface area contributed by atoms with E-state index in [1.807, 2.05) is 42.1 Å². The molecule has 0 radical (unpaired) electrons. The highest BCUT2D eigenvalue weighted by Gasteiger charge is 2.14. The maximum absolute atomic E-state index is 5.38. The molecule has 1 aromatic carbocycles. The van der Waals surface area contributed by atoms with Crippen LogP contribution in [0.4, 0.5) is 0 Å². The van der Waals surface area contributed by atoms with E-state index in [1.54, 1.807) is 11.8 Å². The van der Waals surface area contributed by atoms with E-state index in [2.05, 4.69) is 0 Å². The summed E-state index contributed by atoms with van der Waals surface area (Å²) < 4.78 is 9.13. The quantitative estimate of drug-likeness (QED) is 0.699. The number of para-hydroxylation sites is 2. The number of hydrogen-bond acceptors (Lipinski definition) is 2. The second-order valence-corrected chi connectivity index (χ2v) is 3.20. The summed E-state index contributed by atoms with van der Waals surface area (Å²) in [5.41, 5.74) is 2.15. The Morgan fingerprint density at radius 3 is 2.87 bits per heavy atom. The Morgan fingerprint density at radius 1 is 1.33 bits per heavy atom. The Hall–Kier alpha value is -1.55. The van der Waals surface area contributed by atoms with Crippen LogP contribution in [0.15, 0.2) is 30.6 Å². The zero-order valence-corrected chi connectivity index (χ0v) is 9.01. The average Bonchev–Trinajstić information content (AvgIpc) is 2.65. The lowest BCUT2D eigenvalue weighted by molar-refractivity contribution is -0.710. The van der Waals surface area contributed by atoms with E-state index >= 15 is 0 Å². The zero-order valence-electron chi connectivity index (χ0n) is 9.01.